The molecular formula is C12H20N2O2. The topological polar surface area (TPSA) is 47.3 Å². The zero-order valence-corrected chi connectivity index (χ0v) is 10.0. The fourth-order valence-corrected chi connectivity index (χ4v) is 2.05. The predicted molar refractivity (Wildman–Crippen MR) is 61.3 cm³/mol. The summed E-state index contributed by atoms with van der Waals surface area (Å²) in [5.74, 6) is 2.13. The third kappa shape index (κ3) is 2.62. The van der Waals surface area contributed by atoms with Gasteiger partial charge in [-0.2, -0.15) is 0 Å². The van der Waals surface area contributed by atoms with Crippen molar-refractivity contribution in [3.63, 3.8) is 0 Å². The van der Waals surface area contributed by atoms with Gasteiger partial charge in [0.1, 0.15) is 5.76 Å². The van der Waals surface area contributed by atoms with E-state index in [1.54, 1.807) is 0 Å². The number of ether oxygens (including phenoxy) is 1. The molecule has 1 aliphatic heterocycles. The van der Waals surface area contributed by atoms with E-state index in [1.807, 2.05) is 6.20 Å². The lowest BCUT2D eigenvalue weighted by atomic mass is 10.0. The van der Waals surface area contributed by atoms with Gasteiger partial charge >= 0.3 is 0 Å². The maximum atomic E-state index is 5.73. The molecule has 0 aromatic carbocycles. The standard InChI is InChI=1S/C12H20N2O2/c1-3-5-13-8-12-14-7-11(16-12)10-4-6-15-9(10)2/h7,9-10,13H,3-6,8H2,1-2H3. The van der Waals surface area contributed by atoms with Gasteiger partial charge in [0.05, 0.1) is 18.8 Å². The van der Waals surface area contributed by atoms with Crippen molar-refractivity contribution in [3.8, 4) is 0 Å². The Bertz CT molecular complexity index is 325. The van der Waals surface area contributed by atoms with Crippen LogP contribution in [0.1, 0.15) is 44.3 Å². The van der Waals surface area contributed by atoms with Gasteiger partial charge in [-0.3, -0.25) is 0 Å². The molecule has 2 heterocycles. The summed E-state index contributed by atoms with van der Waals surface area (Å²) in [5, 5.41) is 3.28. The van der Waals surface area contributed by atoms with Gasteiger partial charge in [0, 0.05) is 12.5 Å². The lowest BCUT2D eigenvalue weighted by Crippen LogP contribution is -2.13. The first-order chi connectivity index (χ1) is 7.81. The van der Waals surface area contributed by atoms with Gasteiger partial charge in [-0.15, -0.1) is 0 Å². The van der Waals surface area contributed by atoms with E-state index in [2.05, 4.69) is 24.1 Å². The molecule has 2 rings (SSSR count). The van der Waals surface area contributed by atoms with Crippen molar-refractivity contribution in [2.24, 2.45) is 0 Å². The number of hydrogen-bond donors (Lipinski definition) is 1. The molecule has 1 aromatic heterocycles. The minimum Gasteiger partial charge on any atom is -0.444 e. The van der Waals surface area contributed by atoms with Crippen LogP contribution in [0.5, 0.6) is 0 Å². The number of nitrogens with zero attached hydrogens (tertiary/aromatic N) is 1. The van der Waals surface area contributed by atoms with Crippen molar-refractivity contribution in [1.29, 1.82) is 0 Å². The zero-order chi connectivity index (χ0) is 11.4. The van der Waals surface area contributed by atoms with Crippen LogP contribution in [0.3, 0.4) is 0 Å². The number of aromatic nitrogens is 1. The van der Waals surface area contributed by atoms with Crippen LogP contribution in [0, 0.1) is 0 Å². The summed E-state index contributed by atoms with van der Waals surface area (Å²) in [5.41, 5.74) is 0. The zero-order valence-electron chi connectivity index (χ0n) is 10.0. The van der Waals surface area contributed by atoms with Crippen molar-refractivity contribution >= 4 is 0 Å². The summed E-state index contributed by atoms with van der Waals surface area (Å²) in [7, 11) is 0. The highest BCUT2D eigenvalue weighted by Crippen LogP contribution is 2.31. The molecule has 0 saturated carbocycles. The number of nitrogens with one attached hydrogen (secondary N) is 1. The molecule has 0 radical (unpaired) electrons. The van der Waals surface area contributed by atoms with E-state index in [0.717, 1.165) is 44.2 Å². The highest BCUT2D eigenvalue weighted by atomic mass is 16.5. The van der Waals surface area contributed by atoms with Crippen molar-refractivity contribution in [2.45, 2.75) is 45.3 Å². The van der Waals surface area contributed by atoms with Crippen molar-refractivity contribution in [2.75, 3.05) is 13.2 Å². The maximum Gasteiger partial charge on any atom is 0.208 e. The van der Waals surface area contributed by atoms with Crippen LogP contribution in [-0.2, 0) is 11.3 Å². The Hall–Kier alpha value is -0.870. The molecule has 16 heavy (non-hydrogen) atoms. The average molecular weight is 224 g/mol. The molecule has 2 atom stereocenters. The van der Waals surface area contributed by atoms with Gasteiger partial charge < -0.3 is 14.5 Å². The number of oxazole rings is 1. The monoisotopic (exact) mass is 224 g/mol. The Balaban J connectivity index is 1.91. The SMILES string of the molecule is CCCNCc1ncc(C2CCOC2C)o1. The molecule has 4 nitrogen and oxygen atoms in total. The van der Waals surface area contributed by atoms with Gasteiger partial charge in [0.15, 0.2) is 0 Å². The molecular weight excluding hydrogens is 204 g/mol. The number of rotatable bonds is 5. The van der Waals surface area contributed by atoms with E-state index in [9.17, 15) is 0 Å². The van der Waals surface area contributed by atoms with Crippen LogP contribution in [0.15, 0.2) is 10.6 Å². The minimum absolute atomic E-state index is 0.254. The fourth-order valence-electron chi connectivity index (χ4n) is 2.05. The predicted octanol–water partition coefficient (Wildman–Crippen LogP) is 2.07. The van der Waals surface area contributed by atoms with E-state index >= 15 is 0 Å². The first-order valence-electron chi connectivity index (χ1n) is 6.08. The molecule has 0 aliphatic carbocycles. The highest BCUT2D eigenvalue weighted by molar-refractivity contribution is 5.05. The third-order valence-corrected chi connectivity index (χ3v) is 3.02. The fraction of sp³-hybridized carbons (Fsp3) is 0.750. The molecule has 1 fully saturated rings. The lowest BCUT2D eigenvalue weighted by Gasteiger charge is -2.09. The van der Waals surface area contributed by atoms with E-state index < -0.39 is 0 Å². The highest BCUT2D eigenvalue weighted by Gasteiger charge is 2.28. The number of hydrogen-bond acceptors (Lipinski definition) is 4. The van der Waals surface area contributed by atoms with Crippen molar-refractivity contribution in [3.05, 3.63) is 17.8 Å². The largest absolute Gasteiger partial charge is 0.444 e. The normalized spacial score (nSPS) is 25.1. The van der Waals surface area contributed by atoms with Crippen LogP contribution < -0.4 is 5.32 Å². The Morgan fingerprint density at radius 3 is 3.12 bits per heavy atom. The second-order valence-electron chi connectivity index (χ2n) is 4.30. The summed E-state index contributed by atoms with van der Waals surface area (Å²) in [6, 6.07) is 0. The maximum absolute atomic E-state index is 5.73. The van der Waals surface area contributed by atoms with Gasteiger partial charge in [-0.25, -0.2) is 4.98 Å². The molecule has 1 saturated heterocycles. The molecule has 0 spiro atoms. The van der Waals surface area contributed by atoms with Crippen LogP contribution in [0.2, 0.25) is 0 Å². The molecule has 0 amide bonds. The van der Waals surface area contributed by atoms with E-state index in [-0.39, 0.29) is 6.10 Å². The van der Waals surface area contributed by atoms with Crippen LogP contribution >= 0.6 is 0 Å². The van der Waals surface area contributed by atoms with Gasteiger partial charge in [-0.05, 0) is 26.3 Å². The summed E-state index contributed by atoms with van der Waals surface area (Å²) in [4.78, 5) is 4.28. The van der Waals surface area contributed by atoms with E-state index in [0.29, 0.717) is 5.92 Å². The molecule has 1 aromatic rings. The Labute approximate surface area is 96.4 Å². The average Bonchev–Trinajstić information content (AvgIpc) is 2.87. The first kappa shape index (κ1) is 11.6. The molecule has 1 aliphatic rings. The molecule has 90 valence electrons. The molecule has 1 N–H and O–H groups in total. The summed E-state index contributed by atoms with van der Waals surface area (Å²) in [6.45, 7) is 6.78. The van der Waals surface area contributed by atoms with Crippen LogP contribution in [-0.4, -0.2) is 24.2 Å². The van der Waals surface area contributed by atoms with Crippen molar-refractivity contribution in [1.82, 2.24) is 10.3 Å². The Morgan fingerprint density at radius 2 is 2.44 bits per heavy atom. The summed E-state index contributed by atoms with van der Waals surface area (Å²) < 4.78 is 11.3. The Kier molecular flexibility index (Phi) is 3.96. The van der Waals surface area contributed by atoms with Crippen LogP contribution in [0.25, 0.3) is 0 Å². The lowest BCUT2D eigenvalue weighted by molar-refractivity contribution is 0.115. The van der Waals surface area contributed by atoms with Gasteiger partial charge in [0.25, 0.3) is 0 Å². The van der Waals surface area contributed by atoms with Gasteiger partial charge in [0.2, 0.25) is 5.89 Å². The first-order valence-corrected chi connectivity index (χ1v) is 6.08. The van der Waals surface area contributed by atoms with Gasteiger partial charge in [-0.1, -0.05) is 6.92 Å². The third-order valence-electron chi connectivity index (χ3n) is 3.02. The molecule has 4 heteroatoms. The smallest absolute Gasteiger partial charge is 0.208 e. The van der Waals surface area contributed by atoms with E-state index in [4.69, 9.17) is 9.15 Å². The summed E-state index contributed by atoms with van der Waals surface area (Å²) >= 11 is 0. The summed E-state index contributed by atoms with van der Waals surface area (Å²) in [6.07, 6.45) is 4.27. The quantitative estimate of drug-likeness (QED) is 0.778. The second kappa shape index (κ2) is 5.46. The second-order valence-corrected chi connectivity index (χ2v) is 4.30. The van der Waals surface area contributed by atoms with Crippen molar-refractivity contribution < 1.29 is 9.15 Å². The molecule has 2 unspecified atom stereocenters. The molecule has 0 bridgehead atoms. The minimum atomic E-state index is 0.254. The Morgan fingerprint density at radius 1 is 1.56 bits per heavy atom. The van der Waals surface area contributed by atoms with Crippen LogP contribution in [0.4, 0.5) is 0 Å². The van der Waals surface area contributed by atoms with E-state index in [1.165, 1.54) is 0 Å².